The number of amides is 3. The van der Waals surface area contributed by atoms with E-state index in [1.165, 1.54) is 0 Å². The van der Waals surface area contributed by atoms with Gasteiger partial charge in [-0.15, -0.1) is 0 Å². The molecule has 0 spiro atoms. The van der Waals surface area contributed by atoms with Crippen molar-refractivity contribution in [2.45, 2.75) is 0 Å². The van der Waals surface area contributed by atoms with Gasteiger partial charge in [-0.05, 0) is 66.7 Å². The van der Waals surface area contributed by atoms with Crippen LogP contribution in [0.5, 0.6) is 11.5 Å². The number of ether oxygens (including phenoxy) is 1. The highest BCUT2D eigenvalue weighted by Crippen LogP contribution is 2.22. The number of anilines is 3. The molecule has 0 aliphatic carbocycles. The van der Waals surface area contributed by atoms with E-state index in [0.29, 0.717) is 34.1 Å². The third-order valence-corrected chi connectivity index (χ3v) is 4.51. The van der Waals surface area contributed by atoms with Gasteiger partial charge in [0.2, 0.25) is 0 Å². The molecule has 4 aromatic carbocycles. The number of hydrogen-bond acceptors (Lipinski definition) is 3. The van der Waals surface area contributed by atoms with E-state index in [9.17, 15) is 9.59 Å². The van der Waals surface area contributed by atoms with Crippen LogP contribution in [0.1, 0.15) is 10.4 Å². The molecule has 0 aliphatic rings. The number of carbonyl (C=O) groups excluding carboxylic acids is 2. The van der Waals surface area contributed by atoms with Gasteiger partial charge in [0.15, 0.2) is 0 Å². The van der Waals surface area contributed by atoms with Crippen LogP contribution in [0.3, 0.4) is 0 Å². The van der Waals surface area contributed by atoms with Crippen molar-refractivity contribution in [3.8, 4) is 11.5 Å². The first-order valence-electron chi connectivity index (χ1n) is 10.0. The molecule has 6 heteroatoms. The molecule has 0 bridgehead atoms. The zero-order valence-electron chi connectivity index (χ0n) is 17.1. The maximum absolute atomic E-state index is 12.6. The summed E-state index contributed by atoms with van der Waals surface area (Å²) >= 11 is 0. The molecule has 0 aliphatic heterocycles. The van der Waals surface area contributed by atoms with Crippen LogP contribution in [-0.4, -0.2) is 11.9 Å². The van der Waals surface area contributed by atoms with Crippen molar-refractivity contribution in [3.63, 3.8) is 0 Å². The molecule has 0 fully saturated rings. The summed E-state index contributed by atoms with van der Waals surface area (Å²) in [5, 5.41) is 8.35. The fraction of sp³-hybridized carbons (Fsp3) is 0. The first kappa shape index (κ1) is 20.7. The molecule has 3 amide bonds. The van der Waals surface area contributed by atoms with Crippen LogP contribution >= 0.6 is 0 Å². The Hall–Kier alpha value is -4.58. The van der Waals surface area contributed by atoms with Gasteiger partial charge < -0.3 is 20.7 Å². The fourth-order valence-corrected chi connectivity index (χ4v) is 2.98. The predicted octanol–water partition coefficient (Wildman–Crippen LogP) is 6.38. The minimum absolute atomic E-state index is 0.258. The standard InChI is InChI=1S/C26H21N3O3/c30-25(19-8-7-13-24(18-19)32-23-11-5-2-6-12-23)27-21-14-16-22(17-15-21)29-26(31)28-20-9-3-1-4-10-20/h1-18H,(H,27,30)(H2,28,29,31). The van der Waals surface area contributed by atoms with E-state index in [2.05, 4.69) is 16.0 Å². The smallest absolute Gasteiger partial charge is 0.323 e. The molecule has 0 radical (unpaired) electrons. The number of nitrogens with one attached hydrogen (secondary N) is 3. The molecule has 158 valence electrons. The highest BCUT2D eigenvalue weighted by molar-refractivity contribution is 6.05. The van der Waals surface area contributed by atoms with Gasteiger partial charge in [-0.25, -0.2) is 4.79 Å². The van der Waals surface area contributed by atoms with E-state index >= 15 is 0 Å². The zero-order chi connectivity index (χ0) is 22.2. The van der Waals surface area contributed by atoms with Gasteiger partial charge in [0.05, 0.1) is 0 Å². The Bertz CT molecular complexity index is 1190. The summed E-state index contributed by atoms with van der Waals surface area (Å²) in [4.78, 5) is 24.7. The van der Waals surface area contributed by atoms with Gasteiger partial charge in [-0.2, -0.15) is 0 Å². The lowest BCUT2D eigenvalue weighted by Crippen LogP contribution is -2.19. The summed E-state index contributed by atoms with van der Waals surface area (Å²) < 4.78 is 5.79. The molecule has 3 N–H and O–H groups in total. The van der Waals surface area contributed by atoms with Crippen molar-refractivity contribution in [3.05, 3.63) is 115 Å². The van der Waals surface area contributed by atoms with Crippen molar-refractivity contribution in [1.29, 1.82) is 0 Å². The summed E-state index contributed by atoms with van der Waals surface area (Å²) in [5.41, 5.74) is 2.39. The van der Waals surface area contributed by atoms with E-state index in [-0.39, 0.29) is 11.9 Å². The Morgan fingerprint density at radius 2 is 1.06 bits per heavy atom. The molecule has 6 nitrogen and oxygen atoms in total. The van der Waals surface area contributed by atoms with Crippen LogP contribution in [0.15, 0.2) is 109 Å². The molecule has 4 aromatic rings. The SMILES string of the molecule is O=C(Nc1ccccc1)Nc1ccc(NC(=O)c2cccc(Oc3ccccc3)c2)cc1. The molecule has 0 unspecified atom stereocenters. The summed E-state index contributed by atoms with van der Waals surface area (Å²) in [6.45, 7) is 0. The van der Waals surface area contributed by atoms with Crippen molar-refractivity contribution in [2.24, 2.45) is 0 Å². The second kappa shape index (κ2) is 9.95. The Kier molecular flexibility index (Phi) is 6.43. The summed E-state index contributed by atoms with van der Waals surface area (Å²) in [6, 6.07) is 32.1. The van der Waals surface area contributed by atoms with Crippen LogP contribution < -0.4 is 20.7 Å². The number of urea groups is 1. The maximum atomic E-state index is 12.6. The first-order valence-corrected chi connectivity index (χ1v) is 10.0. The monoisotopic (exact) mass is 423 g/mol. The zero-order valence-corrected chi connectivity index (χ0v) is 17.1. The summed E-state index contributed by atoms with van der Waals surface area (Å²) in [7, 11) is 0. The van der Waals surface area contributed by atoms with E-state index in [0.717, 1.165) is 0 Å². The third kappa shape index (κ3) is 5.73. The summed E-state index contributed by atoms with van der Waals surface area (Å²) in [5.74, 6) is 1.02. The number of para-hydroxylation sites is 2. The van der Waals surface area contributed by atoms with Crippen molar-refractivity contribution >= 4 is 29.0 Å². The lowest BCUT2D eigenvalue weighted by molar-refractivity contribution is 0.102. The first-order chi connectivity index (χ1) is 15.7. The van der Waals surface area contributed by atoms with Crippen molar-refractivity contribution < 1.29 is 14.3 Å². The fourth-order valence-electron chi connectivity index (χ4n) is 2.98. The van der Waals surface area contributed by atoms with Crippen LogP contribution in [0.2, 0.25) is 0 Å². The van der Waals surface area contributed by atoms with Crippen molar-refractivity contribution in [2.75, 3.05) is 16.0 Å². The Morgan fingerprint density at radius 3 is 1.72 bits per heavy atom. The second-order valence-electron chi connectivity index (χ2n) is 6.92. The second-order valence-corrected chi connectivity index (χ2v) is 6.92. The topological polar surface area (TPSA) is 79.5 Å². The number of carbonyl (C=O) groups is 2. The van der Waals surface area contributed by atoms with E-state index < -0.39 is 0 Å². The third-order valence-electron chi connectivity index (χ3n) is 4.51. The molecule has 4 rings (SSSR count). The van der Waals surface area contributed by atoms with Crippen LogP contribution in [-0.2, 0) is 0 Å². The Balaban J connectivity index is 1.34. The van der Waals surface area contributed by atoms with Gasteiger partial charge in [-0.3, -0.25) is 4.79 Å². The van der Waals surface area contributed by atoms with Gasteiger partial charge in [0.25, 0.3) is 5.91 Å². The van der Waals surface area contributed by atoms with E-state index in [4.69, 9.17) is 4.74 Å². The normalized spacial score (nSPS) is 10.1. The van der Waals surface area contributed by atoms with Gasteiger partial charge in [0, 0.05) is 22.6 Å². The quantitative estimate of drug-likeness (QED) is 0.337. The molecule has 0 atom stereocenters. The van der Waals surface area contributed by atoms with E-state index in [1.54, 1.807) is 60.7 Å². The lowest BCUT2D eigenvalue weighted by Gasteiger charge is -2.10. The Morgan fingerprint density at radius 1 is 0.531 bits per heavy atom. The van der Waals surface area contributed by atoms with Crippen LogP contribution in [0.4, 0.5) is 21.9 Å². The van der Waals surface area contributed by atoms with E-state index in [1.807, 2.05) is 48.5 Å². The predicted molar refractivity (Wildman–Crippen MR) is 126 cm³/mol. The minimum Gasteiger partial charge on any atom is -0.457 e. The molecule has 0 aromatic heterocycles. The number of benzene rings is 4. The van der Waals surface area contributed by atoms with Crippen LogP contribution in [0, 0.1) is 0 Å². The molecule has 0 heterocycles. The average Bonchev–Trinajstić information content (AvgIpc) is 2.82. The maximum Gasteiger partial charge on any atom is 0.323 e. The molecule has 0 saturated carbocycles. The summed E-state index contributed by atoms with van der Waals surface area (Å²) in [6.07, 6.45) is 0. The van der Waals surface area contributed by atoms with Gasteiger partial charge >= 0.3 is 6.03 Å². The number of rotatable bonds is 6. The molecular weight excluding hydrogens is 402 g/mol. The molecule has 32 heavy (non-hydrogen) atoms. The largest absolute Gasteiger partial charge is 0.457 e. The average molecular weight is 423 g/mol. The lowest BCUT2D eigenvalue weighted by atomic mass is 10.2. The van der Waals surface area contributed by atoms with Crippen molar-refractivity contribution in [1.82, 2.24) is 0 Å². The Labute approximate surface area is 185 Å². The number of hydrogen-bond donors (Lipinski definition) is 3. The minimum atomic E-state index is -0.344. The van der Waals surface area contributed by atoms with Crippen LogP contribution in [0.25, 0.3) is 0 Å². The molecular formula is C26H21N3O3. The highest BCUT2D eigenvalue weighted by Gasteiger charge is 2.09. The van der Waals surface area contributed by atoms with Gasteiger partial charge in [-0.1, -0.05) is 42.5 Å². The van der Waals surface area contributed by atoms with Gasteiger partial charge in [0.1, 0.15) is 11.5 Å². The molecule has 0 saturated heterocycles. The highest BCUT2D eigenvalue weighted by atomic mass is 16.5.